The number of halogens is 1. The molecule has 0 fully saturated rings. The number of aryl methyl sites for hydroxylation is 1. The third-order valence-corrected chi connectivity index (χ3v) is 3.29. The third kappa shape index (κ3) is 2.02. The van der Waals surface area contributed by atoms with Crippen molar-refractivity contribution in [1.29, 1.82) is 0 Å². The molecule has 0 saturated carbocycles. The Bertz CT molecular complexity index is 746. The van der Waals surface area contributed by atoms with E-state index in [0.717, 1.165) is 22.1 Å². The Labute approximate surface area is 110 Å². The van der Waals surface area contributed by atoms with Crippen molar-refractivity contribution in [3.05, 3.63) is 59.4 Å². The molecule has 0 aliphatic rings. The van der Waals surface area contributed by atoms with Gasteiger partial charge in [-0.15, -0.1) is 0 Å². The zero-order valence-electron chi connectivity index (χ0n) is 10.6. The molecule has 3 aromatic rings. The maximum Gasteiger partial charge on any atom is 0.170 e. The van der Waals surface area contributed by atoms with Gasteiger partial charge in [-0.3, -0.25) is 0 Å². The highest BCUT2D eigenvalue weighted by atomic mass is 19.1. The molecule has 0 aliphatic carbocycles. The van der Waals surface area contributed by atoms with Crippen LogP contribution in [0.1, 0.15) is 11.1 Å². The molecule has 2 aromatic carbocycles. The molecule has 0 radical (unpaired) electrons. The van der Waals surface area contributed by atoms with Crippen LogP contribution in [-0.2, 0) is 6.54 Å². The number of fused-ring (bicyclic) bond motifs is 1. The lowest BCUT2D eigenvalue weighted by atomic mass is 10.0. The average Bonchev–Trinajstić information content (AvgIpc) is 2.83. The van der Waals surface area contributed by atoms with Crippen LogP contribution in [0.4, 0.5) is 4.39 Å². The predicted octanol–water partition coefficient (Wildman–Crippen LogP) is 4.01. The molecule has 0 unspecified atom stereocenters. The molecule has 0 spiro atoms. The third-order valence-electron chi connectivity index (χ3n) is 3.29. The number of para-hydroxylation sites is 1. The smallest absolute Gasteiger partial charge is 0.170 e. The molecular formula is C16H14FNO. The molecule has 0 saturated heterocycles. The van der Waals surface area contributed by atoms with Crippen molar-refractivity contribution < 1.29 is 8.81 Å². The van der Waals surface area contributed by atoms with E-state index in [4.69, 9.17) is 10.2 Å². The summed E-state index contributed by atoms with van der Waals surface area (Å²) in [5.41, 5.74) is 9.03. The highest BCUT2D eigenvalue weighted by Gasteiger charge is 2.11. The van der Waals surface area contributed by atoms with Crippen LogP contribution in [-0.4, -0.2) is 0 Å². The molecule has 2 N–H and O–H groups in total. The second-order valence-electron chi connectivity index (χ2n) is 4.62. The van der Waals surface area contributed by atoms with Crippen molar-refractivity contribution in [3.63, 3.8) is 0 Å². The number of benzene rings is 2. The lowest BCUT2D eigenvalue weighted by Crippen LogP contribution is -1.96. The Morgan fingerprint density at radius 2 is 2.00 bits per heavy atom. The van der Waals surface area contributed by atoms with Gasteiger partial charge >= 0.3 is 0 Å². The lowest BCUT2D eigenvalue weighted by molar-refractivity contribution is 0.568. The zero-order chi connectivity index (χ0) is 13.4. The fourth-order valence-electron chi connectivity index (χ4n) is 2.29. The molecule has 2 nitrogen and oxygen atoms in total. The minimum Gasteiger partial charge on any atom is -0.453 e. The number of nitrogens with two attached hydrogens (primary N) is 1. The molecule has 96 valence electrons. The predicted molar refractivity (Wildman–Crippen MR) is 74.2 cm³/mol. The first-order valence-electron chi connectivity index (χ1n) is 6.17. The maximum atomic E-state index is 13.6. The van der Waals surface area contributed by atoms with Crippen LogP contribution >= 0.6 is 0 Å². The van der Waals surface area contributed by atoms with Gasteiger partial charge in [0.2, 0.25) is 0 Å². The second kappa shape index (κ2) is 4.52. The lowest BCUT2D eigenvalue weighted by Gasteiger charge is -2.04. The van der Waals surface area contributed by atoms with E-state index in [9.17, 15) is 4.39 Å². The normalized spacial score (nSPS) is 11.1. The van der Waals surface area contributed by atoms with Gasteiger partial charge in [0, 0.05) is 17.5 Å². The van der Waals surface area contributed by atoms with E-state index in [1.54, 1.807) is 6.07 Å². The van der Waals surface area contributed by atoms with E-state index in [2.05, 4.69) is 0 Å². The Kier molecular flexibility index (Phi) is 2.84. The molecule has 0 atom stereocenters. The summed E-state index contributed by atoms with van der Waals surface area (Å²) in [6.45, 7) is 2.51. The van der Waals surface area contributed by atoms with Gasteiger partial charge in [0.1, 0.15) is 5.76 Å². The highest BCUT2D eigenvalue weighted by Crippen LogP contribution is 2.31. The molecule has 3 rings (SSSR count). The van der Waals surface area contributed by atoms with Gasteiger partial charge in [-0.2, -0.15) is 0 Å². The highest BCUT2D eigenvalue weighted by molar-refractivity contribution is 5.83. The summed E-state index contributed by atoms with van der Waals surface area (Å²) in [7, 11) is 0. The van der Waals surface area contributed by atoms with Crippen LogP contribution in [0.15, 0.2) is 46.9 Å². The second-order valence-corrected chi connectivity index (χ2v) is 4.62. The van der Waals surface area contributed by atoms with Crippen LogP contribution in [0.25, 0.3) is 22.3 Å². The minimum atomic E-state index is -0.333. The quantitative estimate of drug-likeness (QED) is 0.751. The van der Waals surface area contributed by atoms with Gasteiger partial charge in [-0.25, -0.2) is 4.39 Å². The number of rotatable bonds is 2. The summed E-state index contributed by atoms with van der Waals surface area (Å²) in [5.74, 6) is 0.348. The monoisotopic (exact) mass is 255 g/mol. The minimum absolute atomic E-state index is 0.305. The van der Waals surface area contributed by atoms with E-state index < -0.39 is 0 Å². The number of hydrogen-bond donors (Lipinski definition) is 1. The van der Waals surface area contributed by atoms with Crippen molar-refractivity contribution in [2.75, 3.05) is 0 Å². The van der Waals surface area contributed by atoms with Crippen LogP contribution in [0.3, 0.4) is 0 Å². The van der Waals surface area contributed by atoms with Crippen molar-refractivity contribution in [2.24, 2.45) is 5.73 Å². The fraction of sp³-hybridized carbons (Fsp3) is 0.125. The van der Waals surface area contributed by atoms with Gasteiger partial charge in [0.05, 0.1) is 0 Å². The zero-order valence-corrected chi connectivity index (χ0v) is 10.6. The Hall–Kier alpha value is -2.13. The number of hydrogen-bond acceptors (Lipinski definition) is 2. The average molecular weight is 255 g/mol. The first-order chi connectivity index (χ1) is 9.19. The largest absolute Gasteiger partial charge is 0.453 e. The van der Waals surface area contributed by atoms with Crippen LogP contribution in [0.2, 0.25) is 0 Å². The molecule has 3 heteroatoms. The van der Waals surface area contributed by atoms with Gasteiger partial charge in [-0.1, -0.05) is 30.3 Å². The molecule has 1 heterocycles. The van der Waals surface area contributed by atoms with E-state index in [1.165, 1.54) is 6.07 Å². The topological polar surface area (TPSA) is 39.2 Å². The van der Waals surface area contributed by atoms with Crippen molar-refractivity contribution >= 4 is 11.0 Å². The first-order valence-corrected chi connectivity index (χ1v) is 6.17. The Morgan fingerprint density at radius 1 is 1.16 bits per heavy atom. The SMILES string of the molecule is Cc1cc(CN)ccc1-c1cc2cccc(F)c2o1. The van der Waals surface area contributed by atoms with E-state index in [0.29, 0.717) is 17.9 Å². The molecule has 1 aromatic heterocycles. The molecule has 0 aliphatic heterocycles. The van der Waals surface area contributed by atoms with Crippen LogP contribution in [0.5, 0.6) is 0 Å². The molecule has 0 bridgehead atoms. The number of furan rings is 1. The van der Waals surface area contributed by atoms with Crippen molar-refractivity contribution in [3.8, 4) is 11.3 Å². The Morgan fingerprint density at radius 3 is 2.68 bits per heavy atom. The van der Waals surface area contributed by atoms with Gasteiger partial charge < -0.3 is 10.2 Å². The summed E-state index contributed by atoms with van der Waals surface area (Å²) in [5, 5.41) is 0.775. The molecular weight excluding hydrogens is 241 g/mol. The standard InChI is InChI=1S/C16H14FNO/c1-10-7-11(9-18)5-6-13(10)15-8-12-3-2-4-14(17)16(12)19-15/h2-8H,9,18H2,1H3. The summed E-state index contributed by atoms with van der Waals surface area (Å²) in [4.78, 5) is 0. The summed E-state index contributed by atoms with van der Waals surface area (Å²) < 4.78 is 19.3. The summed E-state index contributed by atoms with van der Waals surface area (Å²) >= 11 is 0. The summed E-state index contributed by atoms with van der Waals surface area (Å²) in [6.07, 6.45) is 0. The van der Waals surface area contributed by atoms with Crippen molar-refractivity contribution in [1.82, 2.24) is 0 Å². The van der Waals surface area contributed by atoms with Crippen LogP contribution < -0.4 is 5.73 Å². The fourth-order valence-corrected chi connectivity index (χ4v) is 2.29. The van der Waals surface area contributed by atoms with Gasteiger partial charge in [0.25, 0.3) is 0 Å². The first kappa shape index (κ1) is 11.9. The van der Waals surface area contributed by atoms with Gasteiger partial charge in [0.15, 0.2) is 11.4 Å². The van der Waals surface area contributed by atoms with Crippen molar-refractivity contribution in [2.45, 2.75) is 13.5 Å². The van der Waals surface area contributed by atoms with Crippen LogP contribution in [0, 0.1) is 12.7 Å². The Balaban J connectivity index is 2.16. The van der Waals surface area contributed by atoms with E-state index in [-0.39, 0.29) is 5.82 Å². The molecule has 0 amide bonds. The van der Waals surface area contributed by atoms with E-state index in [1.807, 2.05) is 37.3 Å². The molecule has 19 heavy (non-hydrogen) atoms. The van der Waals surface area contributed by atoms with E-state index >= 15 is 0 Å². The van der Waals surface area contributed by atoms with Gasteiger partial charge in [-0.05, 0) is 30.2 Å². The summed E-state index contributed by atoms with van der Waals surface area (Å²) in [6, 6.07) is 12.7. The maximum absolute atomic E-state index is 13.6.